The lowest BCUT2D eigenvalue weighted by Gasteiger charge is -2.32. The highest BCUT2D eigenvalue weighted by atomic mass is 16.5. The van der Waals surface area contributed by atoms with Crippen molar-refractivity contribution in [2.75, 3.05) is 33.3 Å². The molecule has 128 valence electrons. The van der Waals surface area contributed by atoms with Crippen LogP contribution in [0.2, 0.25) is 0 Å². The number of hydrogen-bond donors (Lipinski definition) is 1. The van der Waals surface area contributed by atoms with Crippen LogP contribution in [0.4, 0.5) is 0 Å². The molecule has 0 saturated carbocycles. The van der Waals surface area contributed by atoms with Crippen molar-refractivity contribution in [3.05, 3.63) is 29.3 Å². The van der Waals surface area contributed by atoms with Crippen LogP contribution in [0.15, 0.2) is 18.2 Å². The summed E-state index contributed by atoms with van der Waals surface area (Å²) in [5.74, 6) is 2.02. The van der Waals surface area contributed by atoms with Gasteiger partial charge in [-0.1, -0.05) is 26.0 Å². The number of likely N-dealkylation sites (tertiary alicyclic amines) is 1. The van der Waals surface area contributed by atoms with Crippen LogP contribution in [-0.2, 0) is 4.79 Å². The van der Waals surface area contributed by atoms with Crippen molar-refractivity contribution in [2.45, 2.75) is 39.5 Å². The summed E-state index contributed by atoms with van der Waals surface area (Å²) in [7, 11) is 1.99. The Bertz CT molecular complexity index is 520. The summed E-state index contributed by atoms with van der Waals surface area (Å²) in [5.41, 5.74) is 2.32. The first kappa shape index (κ1) is 17.8. The molecule has 4 nitrogen and oxygen atoms in total. The summed E-state index contributed by atoms with van der Waals surface area (Å²) in [4.78, 5) is 14.3. The maximum Gasteiger partial charge on any atom is 0.260 e. The van der Waals surface area contributed by atoms with Gasteiger partial charge in [-0.05, 0) is 62.4 Å². The average Bonchev–Trinajstić information content (AvgIpc) is 2.53. The fourth-order valence-electron chi connectivity index (χ4n) is 3.15. The van der Waals surface area contributed by atoms with Crippen molar-refractivity contribution in [3.63, 3.8) is 0 Å². The van der Waals surface area contributed by atoms with Gasteiger partial charge in [-0.25, -0.2) is 0 Å². The van der Waals surface area contributed by atoms with Gasteiger partial charge in [0, 0.05) is 13.1 Å². The van der Waals surface area contributed by atoms with Crippen LogP contribution in [0.25, 0.3) is 0 Å². The molecule has 2 rings (SSSR count). The fraction of sp³-hybridized carbons (Fsp3) is 0.632. The third kappa shape index (κ3) is 4.96. The molecular formula is C19H30N2O2. The number of benzene rings is 1. The van der Waals surface area contributed by atoms with Gasteiger partial charge in [0.2, 0.25) is 0 Å². The number of amides is 1. The van der Waals surface area contributed by atoms with E-state index in [0.717, 1.165) is 49.4 Å². The minimum atomic E-state index is 0.101. The zero-order valence-electron chi connectivity index (χ0n) is 14.9. The predicted octanol–water partition coefficient (Wildman–Crippen LogP) is 2.96. The van der Waals surface area contributed by atoms with Crippen LogP contribution >= 0.6 is 0 Å². The molecule has 23 heavy (non-hydrogen) atoms. The Morgan fingerprint density at radius 3 is 2.65 bits per heavy atom. The number of nitrogens with one attached hydrogen (secondary N) is 1. The van der Waals surface area contributed by atoms with Crippen molar-refractivity contribution in [2.24, 2.45) is 5.92 Å². The molecule has 0 aromatic heterocycles. The molecule has 0 unspecified atom stereocenters. The first-order valence-corrected chi connectivity index (χ1v) is 8.67. The second kappa shape index (κ2) is 8.34. The van der Waals surface area contributed by atoms with Gasteiger partial charge in [0.05, 0.1) is 0 Å². The van der Waals surface area contributed by atoms with E-state index in [4.69, 9.17) is 4.74 Å². The molecule has 1 aliphatic rings. The molecule has 1 heterocycles. The monoisotopic (exact) mass is 318 g/mol. The van der Waals surface area contributed by atoms with E-state index >= 15 is 0 Å². The molecule has 0 atom stereocenters. The molecular weight excluding hydrogens is 288 g/mol. The quantitative estimate of drug-likeness (QED) is 0.877. The van der Waals surface area contributed by atoms with Gasteiger partial charge in [-0.2, -0.15) is 0 Å². The van der Waals surface area contributed by atoms with Crippen molar-refractivity contribution in [1.29, 1.82) is 0 Å². The minimum Gasteiger partial charge on any atom is -0.483 e. The third-order valence-corrected chi connectivity index (χ3v) is 4.60. The van der Waals surface area contributed by atoms with Crippen LogP contribution in [0.3, 0.4) is 0 Å². The second-order valence-electron chi connectivity index (χ2n) is 6.87. The van der Waals surface area contributed by atoms with E-state index in [9.17, 15) is 4.79 Å². The van der Waals surface area contributed by atoms with Gasteiger partial charge in [-0.15, -0.1) is 0 Å². The van der Waals surface area contributed by atoms with Crippen molar-refractivity contribution in [1.82, 2.24) is 10.2 Å². The number of carbonyl (C=O) groups excluding carboxylic acids is 1. The van der Waals surface area contributed by atoms with Crippen LogP contribution < -0.4 is 10.1 Å². The normalized spacial score (nSPS) is 16.0. The Morgan fingerprint density at radius 2 is 2.04 bits per heavy atom. The zero-order chi connectivity index (χ0) is 16.8. The van der Waals surface area contributed by atoms with E-state index in [1.165, 1.54) is 0 Å². The molecule has 1 aromatic rings. The Morgan fingerprint density at radius 1 is 1.35 bits per heavy atom. The summed E-state index contributed by atoms with van der Waals surface area (Å²) in [6, 6.07) is 6.22. The lowest BCUT2D eigenvalue weighted by molar-refractivity contribution is -0.134. The van der Waals surface area contributed by atoms with Crippen LogP contribution in [0.5, 0.6) is 5.75 Å². The van der Waals surface area contributed by atoms with Gasteiger partial charge in [-0.3, -0.25) is 4.79 Å². The number of ether oxygens (including phenoxy) is 1. The average molecular weight is 318 g/mol. The topological polar surface area (TPSA) is 41.6 Å². The molecule has 1 N–H and O–H groups in total. The standard InChI is InChI=1S/C19H30N2O2/c1-14(2)17-6-5-15(3)11-18(17)23-13-19(22)21-9-7-16(8-10-21)12-20-4/h5-6,11,14,16,20H,7-10,12-13H2,1-4H3. The van der Waals surface area contributed by atoms with Crippen LogP contribution in [0, 0.1) is 12.8 Å². The van der Waals surface area contributed by atoms with E-state index in [0.29, 0.717) is 11.8 Å². The molecule has 0 aliphatic carbocycles. The maximum absolute atomic E-state index is 12.4. The highest BCUT2D eigenvalue weighted by Gasteiger charge is 2.22. The van der Waals surface area contributed by atoms with E-state index in [2.05, 4.69) is 31.3 Å². The molecule has 1 amide bonds. The van der Waals surface area contributed by atoms with Crippen LogP contribution in [-0.4, -0.2) is 44.1 Å². The Kier molecular flexibility index (Phi) is 6.46. The third-order valence-electron chi connectivity index (χ3n) is 4.60. The molecule has 0 spiro atoms. The van der Waals surface area contributed by atoms with Gasteiger partial charge in [0.1, 0.15) is 5.75 Å². The molecule has 1 fully saturated rings. The first-order valence-electron chi connectivity index (χ1n) is 8.67. The fourth-order valence-corrected chi connectivity index (χ4v) is 3.15. The molecule has 0 radical (unpaired) electrons. The molecule has 0 bridgehead atoms. The highest BCUT2D eigenvalue weighted by Crippen LogP contribution is 2.27. The lowest BCUT2D eigenvalue weighted by Crippen LogP contribution is -2.42. The number of nitrogens with zero attached hydrogens (tertiary/aromatic N) is 1. The summed E-state index contributed by atoms with van der Waals surface area (Å²) < 4.78 is 5.87. The van der Waals surface area contributed by atoms with Gasteiger partial charge in [0.25, 0.3) is 5.91 Å². The van der Waals surface area contributed by atoms with Gasteiger partial charge < -0.3 is 15.0 Å². The number of aryl methyl sites for hydroxylation is 1. The van der Waals surface area contributed by atoms with E-state index in [1.54, 1.807) is 0 Å². The number of piperidine rings is 1. The second-order valence-corrected chi connectivity index (χ2v) is 6.87. The minimum absolute atomic E-state index is 0.101. The van der Waals surface area contributed by atoms with Crippen LogP contribution in [0.1, 0.15) is 43.7 Å². The number of hydrogen-bond acceptors (Lipinski definition) is 3. The summed E-state index contributed by atoms with van der Waals surface area (Å²) >= 11 is 0. The van der Waals surface area contributed by atoms with Crippen molar-refractivity contribution in [3.8, 4) is 5.75 Å². The van der Waals surface area contributed by atoms with Crippen molar-refractivity contribution >= 4 is 5.91 Å². The van der Waals surface area contributed by atoms with Crippen molar-refractivity contribution < 1.29 is 9.53 Å². The Hall–Kier alpha value is -1.55. The summed E-state index contributed by atoms with van der Waals surface area (Å²) in [6.07, 6.45) is 2.16. The Labute approximate surface area is 140 Å². The van der Waals surface area contributed by atoms with Gasteiger partial charge >= 0.3 is 0 Å². The smallest absolute Gasteiger partial charge is 0.260 e. The summed E-state index contributed by atoms with van der Waals surface area (Å²) in [6.45, 7) is 9.21. The van der Waals surface area contributed by atoms with E-state index in [1.807, 2.05) is 24.9 Å². The molecule has 1 aliphatic heterocycles. The SMILES string of the molecule is CNCC1CCN(C(=O)COc2cc(C)ccc2C(C)C)CC1. The first-order chi connectivity index (χ1) is 11.0. The summed E-state index contributed by atoms with van der Waals surface area (Å²) in [5, 5.41) is 3.22. The maximum atomic E-state index is 12.4. The zero-order valence-corrected chi connectivity index (χ0v) is 14.9. The van der Waals surface area contributed by atoms with E-state index in [-0.39, 0.29) is 12.5 Å². The van der Waals surface area contributed by atoms with E-state index < -0.39 is 0 Å². The number of carbonyl (C=O) groups is 1. The molecule has 4 heteroatoms. The predicted molar refractivity (Wildman–Crippen MR) is 94.0 cm³/mol. The Balaban J connectivity index is 1.89. The lowest BCUT2D eigenvalue weighted by atomic mass is 9.97. The molecule has 1 aromatic carbocycles. The van der Waals surface area contributed by atoms with Gasteiger partial charge in [0.15, 0.2) is 6.61 Å². The highest BCUT2D eigenvalue weighted by molar-refractivity contribution is 5.77. The molecule has 1 saturated heterocycles. The largest absolute Gasteiger partial charge is 0.483 e. The number of rotatable bonds is 6.